The first-order valence-corrected chi connectivity index (χ1v) is 11.8. The Balaban J connectivity index is 0.00000456. The smallest absolute Gasteiger partial charge is 0.416 e. The number of alkyl halides is 3. The highest BCUT2D eigenvalue weighted by Crippen LogP contribution is 2.31. The average Bonchev–Trinajstić information content (AvgIpc) is 3.30. The highest BCUT2D eigenvalue weighted by atomic mass is 19.4. The van der Waals surface area contributed by atoms with Crippen molar-refractivity contribution in [3.8, 4) is 11.1 Å². The second-order valence-corrected chi connectivity index (χ2v) is 8.29. The van der Waals surface area contributed by atoms with Crippen molar-refractivity contribution in [2.24, 2.45) is 0 Å². The van der Waals surface area contributed by atoms with Crippen LogP contribution in [0.3, 0.4) is 0 Å². The minimum atomic E-state index is -4.36. The zero-order valence-electron chi connectivity index (χ0n) is 19.9. The largest absolute Gasteiger partial charge is 0.464 e. The molecule has 0 saturated heterocycles. The Morgan fingerprint density at radius 2 is 1.50 bits per heavy atom. The van der Waals surface area contributed by atoms with Gasteiger partial charge in [-0.3, -0.25) is 0 Å². The highest BCUT2D eigenvalue weighted by molar-refractivity contribution is 5.90. The van der Waals surface area contributed by atoms with Gasteiger partial charge in [-0.15, -0.1) is 0 Å². The van der Waals surface area contributed by atoms with Crippen LogP contribution in [0, 0.1) is 0 Å². The number of carbonyl (C=O) groups is 2. The van der Waals surface area contributed by atoms with E-state index < -0.39 is 17.8 Å². The molecule has 0 amide bonds. The number of aryl methyl sites for hydroxylation is 1. The Morgan fingerprint density at radius 1 is 0.917 bits per heavy atom. The molecule has 0 fully saturated rings. The summed E-state index contributed by atoms with van der Waals surface area (Å²) in [7, 11) is 0. The maximum atomic E-state index is 12.8. The number of esters is 2. The number of nitrogens with one attached hydrogen (secondary N) is 1. The summed E-state index contributed by atoms with van der Waals surface area (Å²) in [6.07, 6.45) is -1.23. The molecule has 0 bridgehead atoms. The summed E-state index contributed by atoms with van der Waals surface area (Å²) in [5, 5.41) is 3.23. The van der Waals surface area contributed by atoms with Crippen molar-refractivity contribution in [1.82, 2.24) is 5.32 Å². The van der Waals surface area contributed by atoms with E-state index in [1.807, 2.05) is 24.3 Å². The van der Waals surface area contributed by atoms with Crippen LogP contribution < -0.4 is 5.32 Å². The molecule has 1 atom stereocenters. The number of allylic oxidation sites excluding steroid dienone is 1. The van der Waals surface area contributed by atoms with Crippen LogP contribution in [0.5, 0.6) is 0 Å². The van der Waals surface area contributed by atoms with Crippen LogP contribution in [0.25, 0.3) is 11.1 Å². The van der Waals surface area contributed by atoms with E-state index in [2.05, 4.69) is 5.32 Å². The van der Waals surface area contributed by atoms with Crippen molar-refractivity contribution < 1.29 is 32.2 Å². The zero-order chi connectivity index (χ0) is 25.4. The molecule has 0 aliphatic heterocycles. The summed E-state index contributed by atoms with van der Waals surface area (Å²) in [5.74, 6) is -0.731. The van der Waals surface area contributed by atoms with E-state index in [4.69, 9.17) is 9.47 Å². The third-order valence-electron chi connectivity index (χ3n) is 5.88. The Kier molecular flexibility index (Phi) is 10.6. The Morgan fingerprint density at radius 3 is 2.06 bits per heavy atom. The van der Waals surface area contributed by atoms with Gasteiger partial charge in [-0.1, -0.05) is 43.8 Å². The minimum absolute atomic E-state index is 0. The third kappa shape index (κ3) is 7.60. The number of benzene rings is 2. The van der Waals surface area contributed by atoms with E-state index in [0.717, 1.165) is 35.4 Å². The second kappa shape index (κ2) is 13.1. The van der Waals surface area contributed by atoms with E-state index in [0.29, 0.717) is 43.4 Å². The summed E-state index contributed by atoms with van der Waals surface area (Å²) in [4.78, 5) is 24.8. The van der Waals surface area contributed by atoms with Gasteiger partial charge in [-0.2, -0.15) is 13.2 Å². The zero-order valence-corrected chi connectivity index (χ0v) is 19.9. The monoisotopic (exact) mass is 505 g/mol. The molecule has 5 nitrogen and oxygen atoms in total. The molecule has 2 aromatic rings. The predicted octanol–water partition coefficient (Wildman–Crippen LogP) is 6.46. The van der Waals surface area contributed by atoms with Crippen LogP contribution in [0.15, 0.2) is 59.8 Å². The molecule has 0 aromatic heterocycles. The van der Waals surface area contributed by atoms with Gasteiger partial charge in [-0.05, 0) is 74.8 Å². The first kappa shape index (κ1) is 28.9. The number of rotatable bonds is 10. The summed E-state index contributed by atoms with van der Waals surface area (Å²) in [6.45, 7) is 4.04. The topological polar surface area (TPSA) is 64.6 Å². The molecule has 3 rings (SSSR count). The van der Waals surface area contributed by atoms with Gasteiger partial charge in [0.2, 0.25) is 0 Å². The molecule has 2 aromatic carbocycles. The maximum absolute atomic E-state index is 12.8. The minimum Gasteiger partial charge on any atom is -0.464 e. The molecule has 1 aliphatic carbocycles. The fraction of sp³-hybridized carbons (Fsp3) is 0.429. The fourth-order valence-corrected chi connectivity index (χ4v) is 4.08. The van der Waals surface area contributed by atoms with Gasteiger partial charge >= 0.3 is 18.1 Å². The average molecular weight is 506 g/mol. The number of halogens is 3. The van der Waals surface area contributed by atoms with E-state index in [1.54, 1.807) is 13.8 Å². The molecule has 1 unspecified atom stereocenters. The summed E-state index contributed by atoms with van der Waals surface area (Å²) < 4.78 is 48.7. The van der Waals surface area contributed by atoms with Gasteiger partial charge in [0.15, 0.2) is 0 Å². The van der Waals surface area contributed by atoms with Gasteiger partial charge in [-0.25, -0.2) is 9.59 Å². The highest BCUT2D eigenvalue weighted by Gasteiger charge is 2.30. The first-order valence-electron chi connectivity index (χ1n) is 11.8. The molecule has 0 saturated carbocycles. The molecule has 1 aliphatic rings. The summed E-state index contributed by atoms with van der Waals surface area (Å²) >= 11 is 0. The quantitative estimate of drug-likeness (QED) is 0.375. The van der Waals surface area contributed by atoms with Gasteiger partial charge in [0.05, 0.1) is 24.4 Å². The van der Waals surface area contributed by atoms with Crippen LogP contribution >= 0.6 is 0 Å². The van der Waals surface area contributed by atoms with Crippen molar-refractivity contribution in [3.63, 3.8) is 0 Å². The van der Waals surface area contributed by atoms with Crippen LogP contribution in [0.1, 0.15) is 58.1 Å². The van der Waals surface area contributed by atoms with Gasteiger partial charge in [0.1, 0.15) is 6.04 Å². The van der Waals surface area contributed by atoms with Crippen molar-refractivity contribution >= 4 is 11.9 Å². The molecule has 0 heterocycles. The van der Waals surface area contributed by atoms with E-state index >= 15 is 0 Å². The van der Waals surface area contributed by atoms with Crippen LogP contribution in [0.4, 0.5) is 13.2 Å². The van der Waals surface area contributed by atoms with Crippen LogP contribution in [0.2, 0.25) is 0 Å². The normalized spacial score (nSPS) is 14.1. The second-order valence-electron chi connectivity index (χ2n) is 8.29. The van der Waals surface area contributed by atoms with Crippen molar-refractivity contribution in [1.29, 1.82) is 0 Å². The SMILES string of the molecule is C.CCOC(=O)C1=C(NC(CCc2ccc(-c3ccc(C(F)(F)F)cc3)cc2)C(=O)OCC)CCC1. The molecule has 36 heavy (non-hydrogen) atoms. The lowest BCUT2D eigenvalue weighted by molar-refractivity contribution is -0.146. The summed E-state index contributed by atoms with van der Waals surface area (Å²) in [5.41, 5.74) is 3.11. The van der Waals surface area contributed by atoms with Crippen molar-refractivity contribution in [3.05, 3.63) is 70.9 Å². The number of ether oxygens (including phenoxy) is 2. The lowest BCUT2D eigenvalue weighted by atomic mass is 9.99. The number of hydrogen-bond donors (Lipinski definition) is 1. The Hall–Kier alpha value is -3.29. The molecule has 1 N–H and O–H groups in total. The first-order chi connectivity index (χ1) is 16.7. The number of hydrogen-bond acceptors (Lipinski definition) is 5. The number of carbonyl (C=O) groups excluding carboxylic acids is 2. The lowest BCUT2D eigenvalue weighted by Gasteiger charge is -2.20. The fourth-order valence-electron chi connectivity index (χ4n) is 4.08. The standard InChI is InChI=1S/C27H30F3NO4.CH4/c1-3-34-25(32)22-6-5-7-23(22)31-24(26(33)35-4-2)17-10-18-8-11-19(12-9-18)20-13-15-21(16-14-20)27(28,29)30;/h8-9,11-16,24,31H,3-7,10,17H2,1-2H3;1H4. The predicted molar refractivity (Wildman–Crippen MR) is 133 cm³/mol. The summed E-state index contributed by atoms with van der Waals surface area (Å²) in [6, 6.07) is 11.9. The van der Waals surface area contributed by atoms with E-state index in [9.17, 15) is 22.8 Å². The van der Waals surface area contributed by atoms with E-state index in [1.165, 1.54) is 12.1 Å². The van der Waals surface area contributed by atoms with Crippen LogP contribution in [-0.2, 0) is 31.7 Å². The molecule has 0 spiro atoms. The van der Waals surface area contributed by atoms with Gasteiger partial charge in [0.25, 0.3) is 0 Å². The maximum Gasteiger partial charge on any atom is 0.416 e. The van der Waals surface area contributed by atoms with Crippen molar-refractivity contribution in [2.75, 3.05) is 13.2 Å². The van der Waals surface area contributed by atoms with Gasteiger partial charge in [0, 0.05) is 5.70 Å². The van der Waals surface area contributed by atoms with Crippen molar-refractivity contribution in [2.45, 2.75) is 65.6 Å². The molecule has 8 heteroatoms. The Labute approximate surface area is 210 Å². The Bertz CT molecular complexity index is 1040. The molecule has 196 valence electrons. The molecule has 0 radical (unpaired) electrons. The molecular formula is C28H34F3NO4. The lowest BCUT2D eigenvalue weighted by Crippen LogP contribution is -2.38. The van der Waals surface area contributed by atoms with Gasteiger partial charge < -0.3 is 14.8 Å². The third-order valence-corrected chi connectivity index (χ3v) is 5.88. The van der Waals surface area contributed by atoms with Crippen LogP contribution in [-0.4, -0.2) is 31.2 Å². The molecular weight excluding hydrogens is 471 g/mol. The van der Waals surface area contributed by atoms with E-state index in [-0.39, 0.29) is 26.0 Å².